The topological polar surface area (TPSA) is 46.5 Å². The lowest BCUT2D eigenvalue weighted by Crippen LogP contribution is -2.35. The molecule has 0 bridgehead atoms. The zero-order chi connectivity index (χ0) is 19.5. The number of esters is 1. The molecule has 144 valence electrons. The number of carbonyl (C=O) groups is 1. The van der Waals surface area contributed by atoms with Gasteiger partial charge in [0.15, 0.2) is 5.60 Å². The number of rotatable bonds is 11. The molecule has 1 unspecified atom stereocenters. The summed E-state index contributed by atoms with van der Waals surface area (Å²) >= 11 is 0. The number of hydrogen-bond donors (Lipinski definition) is 1. The number of carbonyl (C=O) groups excluding carboxylic acids is 1. The van der Waals surface area contributed by atoms with Crippen LogP contribution in [-0.4, -0.2) is 22.8 Å². The number of aliphatic hydroxyl groups is 1. The fourth-order valence-corrected chi connectivity index (χ4v) is 2.29. The predicted octanol–water partition coefficient (Wildman–Crippen LogP) is 5.89. The number of allylic oxidation sites excluding steroid dienone is 6. The summed E-state index contributed by atoms with van der Waals surface area (Å²) in [7, 11) is 0. The minimum Gasteiger partial charge on any atom is -0.461 e. The minimum atomic E-state index is -1.42. The highest BCUT2D eigenvalue weighted by molar-refractivity contribution is 5.78. The zero-order valence-electron chi connectivity index (χ0n) is 17.3. The molecule has 0 fully saturated rings. The van der Waals surface area contributed by atoms with Crippen LogP contribution < -0.4 is 0 Å². The van der Waals surface area contributed by atoms with E-state index in [4.69, 9.17) is 4.74 Å². The third kappa shape index (κ3) is 13.6. The lowest BCUT2D eigenvalue weighted by molar-refractivity contribution is -0.166. The molecule has 3 nitrogen and oxygen atoms in total. The second kappa shape index (κ2) is 12.1. The summed E-state index contributed by atoms with van der Waals surface area (Å²) in [6, 6.07) is 0. The van der Waals surface area contributed by atoms with Gasteiger partial charge in [-0.2, -0.15) is 0 Å². The van der Waals surface area contributed by atoms with Gasteiger partial charge >= 0.3 is 5.97 Å². The van der Waals surface area contributed by atoms with Crippen LogP contribution in [0, 0.1) is 0 Å². The minimum absolute atomic E-state index is 0.180. The molecule has 0 aromatic heterocycles. The van der Waals surface area contributed by atoms with Crippen molar-refractivity contribution < 1.29 is 14.6 Å². The first-order valence-corrected chi connectivity index (χ1v) is 9.40. The summed E-state index contributed by atoms with van der Waals surface area (Å²) in [4.78, 5) is 11.6. The van der Waals surface area contributed by atoms with Crippen molar-refractivity contribution in [1.82, 2.24) is 0 Å². The lowest BCUT2D eigenvalue weighted by Gasteiger charge is -2.19. The highest BCUT2D eigenvalue weighted by Gasteiger charge is 2.26. The molecule has 0 radical (unpaired) electrons. The van der Waals surface area contributed by atoms with Gasteiger partial charge in [-0.05, 0) is 87.0 Å². The van der Waals surface area contributed by atoms with E-state index in [1.165, 1.54) is 30.6 Å². The molecule has 0 aliphatic heterocycles. The van der Waals surface area contributed by atoms with Crippen LogP contribution in [0.15, 0.2) is 34.9 Å². The Balaban J connectivity index is 4.06. The molecule has 1 N–H and O–H groups in total. The van der Waals surface area contributed by atoms with Crippen LogP contribution in [0.5, 0.6) is 0 Å². The molecule has 0 amide bonds. The van der Waals surface area contributed by atoms with Crippen molar-refractivity contribution in [2.24, 2.45) is 0 Å². The Morgan fingerprint density at radius 3 is 1.92 bits per heavy atom. The van der Waals surface area contributed by atoms with E-state index >= 15 is 0 Å². The standard InChI is InChI=1S/C22H38O3/c1-17(2)11-8-12-18(3)13-9-14-19(4)15-10-16-20(5)25-21(23)22(6,7)24/h11,13,15,20,24H,8-10,12,14,16H2,1-7H3. The Kier molecular flexibility index (Phi) is 11.4. The Labute approximate surface area is 154 Å². The average Bonchev–Trinajstić information content (AvgIpc) is 2.45. The van der Waals surface area contributed by atoms with Crippen molar-refractivity contribution in [3.05, 3.63) is 34.9 Å². The summed E-state index contributed by atoms with van der Waals surface area (Å²) in [6.45, 7) is 13.4. The molecule has 0 aliphatic carbocycles. The molecule has 0 aliphatic rings. The van der Waals surface area contributed by atoms with Crippen molar-refractivity contribution in [2.75, 3.05) is 0 Å². The van der Waals surface area contributed by atoms with Crippen LogP contribution in [0.2, 0.25) is 0 Å². The Bertz CT molecular complexity index is 486. The van der Waals surface area contributed by atoms with Gasteiger partial charge in [-0.15, -0.1) is 0 Å². The Morgan fingerprint density at radius 1 is 0.960 bits per heavy atom. The van der Waals surface area contributed by atoms with Gasteiger partial charge in [0.25, 0.3) is 0 Å². The average molecular weight is 351 g/mol. The van der Waals surface area contributed by atoms with Crippen LogP contribution >= 0.6 is 0 Å². The molecule has 0 aromatic rings. The van der Waals surface area contributed by atoms with Crippen LogP contribution in [0.1, 0.15) is 87.0 Å². The van der Waals surface area contributed by atoms with Gasteiger partial charge < -0.3 is 9.84 Å². The molecular formula is C22H38O3. The highest BCUT2D eigenvalue weighted by atomic mass is 16.6. The largest absolute Gasteiger partial charge is 0.461 e. The second-order valence-electron chi connectivity index (χ2n) is 7.81. The number of hydrogen-bond acceptors (Lipinski definition) is 3. The first-order chi connectivity index (χ1) is 11.5. The maximum atomic E-state index is 11.6. The normalized spacial score (nSPS) is 14.2. The van der Waals surface area contributed by atoms with E-state index < -0.39 is 11.6 Å². The molecule has 3 heteroatoms. The number of ether oxygens (including phenoxy) is 1. The smallest absolute Gasteiger partial charge is 0.337 e. The van der Waals surface area contributed by atoms with E-state index in [0.29, 0.717) is 0 Å². The molecule has 0 saturated carbocycles. The van der Waals surface area contributed by atoms with Crippen molar-refractivity contribution >= 4 is 5.97 Å². The first-order valence-electron chi connectivity index (χ1n) is 9.40. The SMILES string of the molecule is CC(C)=CCCC(C)=CCCC(C)=CCCC(C)OC(=O)C(C)(C)O. The van der Waals surface area contributed by atoms with Crippen LogP contribution in [0.4, 0.5) is 0 Å². The van der Waals surface area contributed by atoms with Gasteiger partial charge in [-0.3, -0.25) is 0 Å². The van der Waals surface area contributed by atoms with E-state index in [0.717, 1.165) is 38.5 Å². The highest BCUT2D eigenvalue weighted by Crippen LogP contribution is 2.14. The van der Waals surface area contributed by atoms with E-state index in [1.54, 1.807) is 0 Å². The second-order valence-corrected chi connectivity index (χ2v) is 7.81. The fraction of sp³-hybridized carbons (Fsp3) is 0.682. The summed E-state index contributed by atoms with van der Waals surface area (Å²) in [5.41, 5.74) is 2.79. The van der Waals surface area contributed by atoms with Gasteiger partial charge in [0.2, 0.25) is 0 Å². The summed E-state index contributed by atoms with van der Waals surface area (Å²) in [6.07, 6.45) is 12.7. The summed E-state index contributed by atoms with van der Waals surface area (Å²) < 4.78 is 5.23. The molecule has 0 spiro atoms. The quantitative estimate of drug-likeness (QED) is 0.373. The zero-order valence-corrected chi connectivity index (χ0v) is 17.3. The van der Waals surface area contributed by atoms with Crippen molar-refractivity contribution in [1.29, 1.82) is 0 Å². The Morgan fingerprint density at radius 2 is 1.44 bits per heavy atom. The molecule has 0 heterocycles. The molecule has 0 aromatic carbocycles. The Hall–Kier alpha value is -1.35. The third-order valence-electron chi connectivity index (χ3n) is 4.00. The predicted molar refractivity (Wildman–Crippen MR) is 106 cm³/mol. The van der Waals surface area contributed by atoms with Crippen molar-refractivity contribution in [3.63, 3.8) is 0 Å². The summed E-state index contributed by atoms with van der Waals surface area (Å²) in [5.74, 6) is -0.561. The molecule has 25 heavy (non-hydrogen) atoms. The lowest BCUT2D eigenvalue weighted by atomic mass is 10.1. The third-order valence-corrected chi connectivity index (χ3v) is 4.00. The maximum absolute atomic E-state index is 11.6. The van der Waals surface area contributed by atoms with Crippen molar-refractivity contribution in [3.8, 4) is 0 Å². The van der Waals surface area contributed by atoms with Gasteiger partial charge in [-0.25, -0.2) is 4.79 Å². The maximum Gasteiger partial charge on any atom is 0.337 e. The van der Waals surface area contributed by atoms with E-state index in [-0.39, 0.29) is 6.10 Å². The summed E-state index contributed by atoms with van der Waals surface area (Å²) in [5, 5.41) is 9.58. The fourth-order valence-electron chi connectivity index (χ4n) is 2.29. The van der Waals surface area contributed by atoms with Gasteiger partial charge in [-0.1, -0.05) is 34.9 Å². The molecule has 0 rings (SSSR count). The van der Waals surface area contributed by atoms with Crippen molar-refractivity contribution in [2.45, 2.75) is 98.7 Å². The van der Waals surface area contributed by atoms with Gasteiger partial charge in [0, 0.05) is 0 Å². The monoisotopic (exact) mass is 350 g/mol. The van der Waals surface area contributed by atoms with Crippen LogP contribution in [0.3, 0.4) is 0 Å². The first kappa shape index (κ1) is 23.6. The molecule has 0 saturated heterocycles. The molecule has 1 atom stereocenters. The van der Waals surface area contributed by atoms with E-state index in [1.807, 2.05) is 6.92 Å². The van der Waals surface area contributed by atoms with E-state index in [2.05, 4.69) is 45.9 Å². The van der Waals surface area contributed by atoms with Crippen LogP contribution in [-0.2, 0) is 9.53 Å². The van der Waals surface area contributed by atoms with Gasteiger partial charge in [0.1, 0.15) is 0 Å². The van der Waals surface area contributed by atoms with Crippen LogP contribution in [0.25, 0.3) is 0 Å². The van der Waals surface area contributed by atoms with E-state index in [9.17, 15) is 9.90 Å². The molecular weight excluding hydrogens is 312 g/mol. The van der Waals surface area contributed by atoms with Gasteiger partial charge in [0.05, 0.1) is 6.10 Å².